The summed E-state index contributed by atoms with van der Waals surface area (Å²) in [6.07, 6.45) is 0. The number of hydrogen-bond acceptors (Lipinski definition) is 6. The maximum atomic E-state index is 12.2. The number of nitrogens with one attached hydrogen (secondary N) is 1. The summed E-state index contributed by atoms with van der Waals surface area (Å²) in [6.45, 7) is 4.05. The van der Waals surface area contributed by atoms with Gasteiger partial charge in [0.1, 0.15) is 17.2 Å². The van der Waals surface area contributed by atoms with Crippen molar-refractivity contribution in [2.45, 2.75) is 0 Å². The first-order chi connectivity index (χ1) is 13.6. The van der Waals surface area contributed by atoms with Gasteiger partial charge >= 0.3 is 0 Å². The van der Waals surface area contributed by atoms with Crippen LogP contribution in [0, 0.1) is 0 Å². The second kappa shape index (κ2) is 9.32. The predicted octanol–water partition coefficient (Wildman–Crippen LogP) is 2.47. The third-order valence-corrected chi connectivity index (χ3v) is 4.71. The van der Waals surface area contributed by atoms with Crippen LogP contribution in [0.2, 0.25) is 0 Å². The van der Waals surface area contributed by atoms with E-state index in [1.54, 1.807) is 32.4 Å². The highest BCUT2D eigenvalue weighted by Crippen LogP contribution is 2.27. The average molecular weight is 385 g/mol. The van der Waals surface area contributed by atoms with Gasteiger partial charge in [-0.3, -0.25) is 4.79 Å². The second-order valence-electron chi connectivity index (χ2n) is 6.72. The maximum absolute atomic E-state index is 12.2. The molecule has 7 heteroatoms. The van der Waals surface area contributed by atoms with Crippen LogP contribution in [0.3, 0.4) is 0 Å². The van der Waals surface area contributed by atoms with Crippen molar-refractivity contribution in [3.8, 4) is 17.2 Å². The number of rotatable bonds is 7. The summed E-state index contributed by atoms with van der Waals surface area (Å²) in [7, 11) is 5.27. The van der Waals surface area contributed by atoms with E-state index in [9.17, 15) is 4.79 Å². The van der Waals surface area contributed by atoms with Gasteiger partial charge in [-0.15, -0.1) is 0 Å². The molecule has 1 aliphatic heterocycles. The Hall–Kier alpha value is -2.93. The van der Waals surface area contributed by atoms with Gasteiger partial charge in [0.05, 0.1) is 14.2 Å². The topological polar surface area (TPSA) is 63.3 Å². The van der Waals surface area contributed by atoms with Crippen LogP contribution >= 0.6 is 0 Å². The van der Waals surface area contributed by atoms with Crippen LogP contribution < -0.4 is 24.4 Å². The van der Waals surface area contributed by atoms with E-state index in [0.717, 1.165) is 31.9 Å². The Morgan fingerprint density at radius 2 is 1.50 bits per heavy atom. The molecule has 0 spiro atoms. The lowest BCUT2D eigenvalue weighted by atomic mass is 10.2. The summed E-state index contributed by atoms with van der Waals surface area (Å²) in [6, 6.07) is 13.1. The summed E-state index contributed by atoms with van der Waals surface area (Å²) >= 11 is 0. The zero-order valence-electron chi connectivity index (χ0n) is 16.6. The van der Waals surface area contributed by atoms with Gasteiger partial charge in [0, 0.05) is 55.8 Å². The minimum Gasteiger partial charge on any atom is -0.496 e. The summed E-state index contributed by atoms with van der Waals surface area (Å²) in [5.74, 6) is 1.49. The van der Waals surface area contributed by atoms with E-state index in [1.165, 1.54) is 5.69 Å². The Balaban J connectivity index is 1.52. The fraction of sp³-hybridized carbons (Fsp3) is 0.381. The summed E-state index contributed by atoms with van der Waals surface area (Å²) in [4.78, 5) is 16.9. The molecule has 0 atom stereocenters. The molecule has 0 aromatic heterocycles. The van der Waals surface area contributed by atoms with Crippen LogP contribution in [0.4, 0.5) is 11.4 Å². The Kier molecular flexibility index (Phi) is 6.60. The molecule has 2 aromatic carbocycles. The third kappa shape index (κ3) is 5.29. The van der Waals surface area contributed by atoms with Crippen molar-refractivity contribution < 1.29 is 19.0 Å². The number of carbonyl (C=O) groups excluding carboxylic acids is 1. The molecular formula is C21H27N3O4. The van der Waals surface area contributed by atoms with Gasteiger partial charge in [-0.2, -0.15) is 0 Å². The lowest BCUT2D eigenvalue weighted by Crippen LogP contribution is -2.44. The molecule has 1 fully saturated rings. The highest BCUT2D eigenvalue weighted by molar-refractivity contribution is 5.92. The number of benzene rings is 2. The molecule has 0 unspecified atom stereocenters. The van der Waals surface area contributed by atoms with E-state index in [1.807, 2.05) is 24.3 Å². The molecule has 7 nitrogen and oxygen atoms in total. The first-order valence-corrected chi connectivity index (χ1v) is 9.26. The molecule has 150 valence electrons. The zero-order valence-corrected chi connectivity index (χ0v) is 16.6. The number of amides is 1. The van der Waals surface area contributed by atoms with E-state index >= 15 is 0 Å². The van der Waals surface area contributed by atoms with Gasteiger partial charge in [-0.1, -0.05) is 0 Å². The van der Waals surface area contributed by atoms with E-state index in [-0.39, 0.29) is 12.5 Å². The number of nitrogens with zero attached hydrogens (tertiary/aromatic N) is 2. The minimum absolute atomic E-state index is 0.101. The Bertz CT molecular complexity index is 764. The van der Waals surface area contributed by atoms with Crippen molar-refractivity contribution in [1.82, 2.24) is 4.90 Å². The van der Waals surface area contributed by atoms with E-state index in [2.05, 4.69) is 22.2 Å². The Labute approximate surface area is 165 Å². The predicted molar refractivity (Wildman–Crippen MR) is 110 cm³/mol. The molecule has 0 radical (unpaired) electrons. The lowest BCUT2D eigenvalue weighted by Gasteiger charge is -2.34. The number of anilines is 2. The van der Waals surface area contributed by atoms with Gasteiger partial charge in [-0.25, -0.2) is 0 Å². The van der Waals surface area contributed by atoms with Crippen molar-refractivity contribution in [1.29, 1.82) is 0 Å². The zero-order chi connectivity index (χ0) is 19.9. The molecule has 2 aromatic rings. The molecule has 1 amide bonds. The quantitative estimate of drug-likeness (QED) is 0.790. The summed E-state index contributed by atoms with van der Waals surface area (Å²) in [5.41, 5.74) is 1.92. The van der Waals surface area contributed by atoms with Gasteiger partial charge in [-0.05, 0) is 31.3 Å². The molecule has 28 heavy (non-hydrogen) atoms. The smallest absolute Gasteiger partial charge is 0.262 e. The third-order valence-electron chi connectivity index (χ3n) is 4.71. The highest BCUT2D eigenvalue weighted by Gasteiger charge is 2.14. The molecule has 0 saturated carbocycles. The second-order valence-corrected chi connectivity index (χ2v) is 6.72. The number of ether oxygens (including phenoxy) is 3. The van der Waals surface area contributed by atoms with E-state index < -0.39 is 0 Å². The minimum atomic E-state index is -0.228. The van der Waals surface area contributed by atoms with Crippen LogP contribution in [0.1, 0.15) is 0 Å². The highest BCUT2D eigenvalue weighted by atomic mass is 16.5. The van der Waals surface area contributed by atoms with E-state index in [4.69, 9.17) is 14.2 Å². The van der Waals surface area contributed by atoms with E-state index in [0.29, 0.717) is 17.2 Å². The fourth-order valence-electron chi connectivity index (χ4n) is 3.03. The standard InChI is InChI=1S/C21H27N3O4/c1-23-8-10-24(11-9-23)17-6-4-16(5-7-17)22-21(25)15-28-20-13-18(26-2)12-19(14-20)27-3/h4-7,12-14H,8-11,15H2,1-3H3,(H,22,25). The van der Waals surface area contributed by atoms with Gasteiger partial charge in [0.15, 0.2) is 6.61 Å². The monoisotopic (exact) mass is 385 g/mol. The van der Waals surface area contributed by atoms with Crippen molar-refractivity contribution in [2.75, 3.05) is 64.3 Å². The number of piperazine rings is 1. The van der Waals surface area contributed by atoms with Crippen molar-refractivity contribution in [2.24, 2.45) is 0 Å². The molecule has 1 aliphatic rings. The first-order valence-electron chi connectivity index (χ1n) is 9.26. The molecule has 3 rings (SSSR count). The molecule has 0 aliphatic carbocycles. The first kappa shape index (κ1) is 19.8. The number of likely N-dealkylation sites (N-methyl/N-ethyl adjacent to an activating group) is 1. The molecular weight excluding hydrogens is 358 g/mol. The van der Waals surface area contributed by atoms with Crippen LogP contribution in [0.25, 0.3) is 0 Å². The van der Waals surface area contributed by atoms with Crippen LogP contribution in [0.15, 0.2) is 42.5 Å². The van der Waals surface area contributed by atoms with Gasteiger partial charge < -0.3 is 29.3 Å². The lowest BCUT2D eigenvalue weighted by molar-refractivity contribution is -0.118. The van der Waals surface area contributed by atoms with Crippen molar-refractivity contribution >= 4 is 17.3 Å². The van der Waals surface area contributed by atoms with Crippen LogP contribution in [-0.2, 0) is 4.79 Å². The molecule has 1 saturated heterocycles. The summed E-state index contributed by atoms with van der Waals surface area (Å²) in [5, 5.41) is 2.85. The normalized spacial score (nSPS) is 14.5. The Morgan fingerprint density at radius 3 is 2.07 bits per heavy atom. The summed E-state index contributed by atoms with van der Waals surface area (Å²) < 4.78 is 16.0. The molecule has 1 heterocycles. The largest absolute Gasteiger partial charge is 0.496 e. The Morgan fingerprint density at radius 1 is 0.929 bits per heavy atom. The number of methoxy groups -OCH3 is 2. The fourth-order valence-corrected chi connectivity index (χ4v) is 3.03. The van der Waals surface area contributed by atoms with Crippen molar-refractivity contribution in [3.05, 3.63) is 42.5 Å². The maximum Gasteiger partial charge on any atom is 0.262 e. The average Bonchev–Trinajstić information content (AvgIpc) is 2.73. The molecule has 0 bridgehead atoms. The number of carbonyl (C=O) groups is 1. The SMILES string of the molecule is COc1cc(OC)cc(OCC(=O)Nc2ccc(N3CCN(C)CC3)cc2)c1. The van der Waals surface area contributed by atoms with Crippen LogP contribution in [0.5, 0.6) is 17.2 Å². The number of hydrogen-bond donors (Lipinski definition) is 1. The van der Waals surface area contributed by atoms with Gasteiger partial charge in [0.2, 0.25) is 0 Å². The van der Waals surface area contributed by atoms with Crippen molar-refractivity contribution in [3.63, 3.8) is 0 Å². The molecule has 1 N–H and O–H groups in total. The van der Waals surface area contributed by atoms with Gasteiger partial charge in [0.25, 0.3) is 5.91 Å². The van der Waals surface area contributed by atoms with Crippen LogP contribution in [-0.4, -0.2) is 64.9 Å².